The number of nitrogens with zero attached hydrogens (tertiary/aromatic N) is 3. The minimum Gasteiger partial charge on any atom is -0.347 e. The summed E-state index contributed by atoms with van der Waals surface area (Å²) >= 11 is 1.72. The van der Waals surface area contributed by atoms with Crippen LogP contribution in [0.5, 0.6) is 0 Å². The van der Waals surface area contributed by atoms with Gasteiger partial charge < -0.3 is 9.88 Å². The first-order valence-electron chi connectivity index (χ1n) is 6.60. The van der Waals surface area contributed by atoms with E-state index in [-0.39, 0.29) is 17.9 Å². The van der Waals surface area contributed by atoms with Crippen molar-refractivity contribution in [2.45, 2.75) is 13.0 Å². The molecule has 1 aromatic rings. The lowest BCUT2D eigenvalue weighted by Crippen LogP contribution is -2.50. The average molecular weight is 282 g/mol. The molecule has 1 fully saturated rings. The summed E-state index contributed by atoms with van der Waals surface area (Å²) in [6.07, 6.45) is 5.64. The maximum absolute atomic E-state index is 12.4. The first kappa shape index (κ1) is 14.4. The summed E-state index contributed by atoms with van der Waals surface area (Å²) in [5.74, 6) is 2.18. The molecule has 0 radical (unpaired) electrons. The monoisotopic (exact) mass is 282 g/mol. The number of hydrogen-bond donors (Lipinski definition) is 1. The zero-order chi connectivity index (χ0) is 13.8. The van der Waals surface area contributed by atoms with E-state index >= 15 is 0 Å². The normalized spacial score (nSPS) is 22.5. The first-order valence-corrected chi connectivity index (χ1v) is 8.00. The Morgan fingerprint density at radius 2 is 2.42 bits per heavy atom. The fourth-order valence-electron chi connectivity index (χ4n) is 2.46. The summed E-state index contributed by atoms with van der Waals surface area (Å²) in [6.45, 7) is 4.44. The zero-order valence-electron chi connectivity index (χ0n) is 11.8. The molecule has 1 saturated heterocycles. The van der Waals surface area contributed by atoms with Crippen molar-refractivity contribution in [3.05, 3.63) is 18.2 Å². The summed E-state index contributed by atoms with van der Waals surface area (Å²) in [7, 11) is 2.08. The number of rotatable bonds is 4. The predicted molar refractivity (Wildman–Crippen MR) is 78.1 cm³/mol. The third kappa shape index (κ3) is 3.30. The second kappa shape index (κ2) is 6.43. The maximum atomic E-state index is 12.4. The van der Waals surface area contributed by atoms with E-state index in [1.54, 1.807) is 18.0 Å². The van der Waals surface area contributed by atoms with Crippen LogP contribution >= 0.6 is 11.8 Å². The molecule has 1 aromatic heterocycles. The summed E-state index contributed by atoms with van der Waals surface area (Å²) in [6, 6.07) is 0.175. The molecular weight excluding hydrogens is 260 g/mol. The van der Waals surface area contributed by atoms with Gasteiger partial charge in [-0.2, -0.15) is 11.8 Å². The number of likely N-dealkylation sites (N-methyl/N-ethyl adjacent to an activating group) is 1. The number of nitrogens with one attached hydrogen (secondary N) is 1. The van der Waals surface area contributed by atoms with Crippen molar-refractivity contribution in [3.8, 4) is 0 Å². The molecule has 106 valence electrons. The van der Waals surface area contributed by atoms with Crippen molar-refractivity contribution in [3.63, 3.8) is 0 Å². The Balaban J connectivity index is 2.03. The lowest BCUT2D eigenvalue weighted by molar-refractivity contribution is -0.137. The van der Waals surface area contributed by atoms with Crippen molar-refractivity contribution >= 4 is 17.7 Å². The highest BCUT2D eigenvalue weighted by molar-refractivity contribution is 7.98. The van der Waals surface area contributed by atoms with E-state index < -0.39 is 0 Å². The van der Waals surface area contributed by atoms with Crippen LogP contribution in [0, 0.1) is 5.92 Å². The smallest absolute Gasteiger partial charge is 0.226 e. The van der Waals surface area contributed by atoms with Crippen molar-refractivity contribution in [2.75, 3.05) is 38.7 Å². The Labute approximate surface area is 118 Å². The quantitative estimate of drug-likeness (QED) is 0.902. The lowest BCUT2D eigenvalue weighted by Gasteiger charge is -2.39. The van der Waals surface area contributed by atoms with Crippen LogP contribution in [0.1, 0.15) is 18.8 Å². The van der Waals surface area contributed by atoms with Crippen LogP contribution in [0.4, 0.5) is 0 Å². The molecule has 0 aliphatic carbocycles. The molecule has 2 rings (SSSR count). The number of imidazole rings is 1. The molecule has 0 saturated carbocycles. The topological polar surface area (TPSA) is 52.2 Å². The maximum Gasteiger partial charge on any atom is 0.226 e. The number of H-pyrrole nitrogens is 1. The summed E-state index contributed by atoms with van der Waals surface area (Å²) in [5, 5.41) is 0. The van der Waals surface area contributed by atoms with Gasteiger partial charge in [-0.1, -0.05) is 6.92 Å². The van der Waals surface area contributed by atoms with Gasteiger partial charge >= 0.3 is 0 Å². The number of hydrogen-bond acceptors (Lipinski definition) is 4. The second-order valence-corrected chi connectivity index (χ2v) is 6.02. The van der Waals surface area contributed by atoms with E-state index in [1.165, 1.54) is 0 Å². The van der Waals surface area contributed by atoms with Crippen LogP contribution in [0.3, 0.4) is 0 Å². The molecule has 0 unspecified atom stereocenters. The van der Waals surface area contributed by atoms with Crippen molar-refractivity contribution in [1.82, 2.24) is 19.8 Å². The molecule has 1 N–H and O–H groups in total. The van der Waals surface area contributed by atoms with E-state index in [9.17, 15) is 4.79 Å². The third-order valence-corrected chi connectivity index (χ3v) is 4.47. The predicted octanol–water partition coefficient (Wildman–Crippen LogP) is 1.22. The number of aromatic nitrogens is 2. The van der Waals surface area contributed by atoms with Gasteiger partial charge in [-0.3, -0.25) is 9.69 Å². The molecule has 19 heavy (non-hydrogen) atoms. The van der Waals surface area contributed by atoms with E-state index in [0.29, 0.717) is 0 Å². The molecule has 1 aliphatic rings. The molecule has 6 heteroatoms. The van der Waals surface area contributed by atoms with Crippen molar-refractivity contribution in [2.24, 2.45) is 5.92 Å². The van der Waals surface area contributed by atoms with Crippen LogP contribution in [0.2, 0.25) is 0 Å². The summed E-state index contributed by atoms with van der Waals surface area (Å²) in [4.78, 5) is 24.1. The van der Waals surface area contributed by atoms with Crippen molar-refractivity contribution in [1.29, 1.82) is 0 Å². The minimum absolute atomic E-state index is 0.0932. The van der Waals surface area contributed by atoms with Crippen LogP contribution in [0.15, 0.2) is 12.4 Å². The molecule has 2 heterocycles. The fraction of sp³-hybridized carbons (Fsp3) is 0.692. The van der Waals surface area contributed by atoms with Gasteiger partial charge in [0.05, 0.1) is 6.04 Å². The van der Waals surface area contributed by atoms with Crippen LogP contribution in [-0.4, -0.2) is 64.4 Å². The van der Waals surface area contributed by atoms with Gasteiger partial charge in [-0.05, 0) is 13.3 Å². The SMILES string of the molecule is CSC[C@@H](C)C(=O)N1CCN(C)[C@@H](c2ncc[nH]2)C1. The molecule has 1 amide bonds. The van der Waals surface area contributed by atoms with Gasteiger partial charge in [0.15, 0.2) is 0 Å². The molecule has 0 spiro atoms. The number of amides is 1. The van der Waals surface area contributed by atoms with Gasteiger partial charge in [-0.15, -0.1) is 0 Å². The van der Waals surface area contributed by atoms with E-state index in [4.69, 9.17) is 0 Å². The van der Waals surface area contributed by atoms with Gasteiger partial charge in [0.2, 0.25) is 5.91 Å². The molecule has 0 bridgehead atoms. The Morgan fingerprint density at radius 3 is 3.05 bits per heavy atom. The van der Waals surface area contributed by atoms with Gasteiger partial charge in [0, 0.05) is 43.7 Å². The summed E-state index contributed by atoms with van der Waals surface area (Å²) in [5.41, 5.74) is 0. The van der Waals surface area contributed by atoms with Crippen LogP contribution in [-0.2, 0) is 4.79 Å². The highest BCUT2D eigenvalue weighted by Crippen LogP contribution is 2.22. The van der Waals surface area contributed by atoms with E-state index in [1.807, 2.05) is 24.3 Å². The molecule has 5 nitrogen and oxygen atoms in total. The van der Waals surface area contributed by atoms with Gasteiger partial charge in [-0.25, -0.2) is 4.98 Å². The summed E-state index contributed by atoms with van der Waals surface area (Å²) < 4.78 is 0. The van der Waals surface area contributed by atoms with E-state index in [2.05, 4.69) is 21.9 Å². The van der Waals surface area contributed by atoms with Gasteiger partial charge in [0.1, 0.15) is 5.82 Å². The molecule has 2 atom stereocenters. The zero-order valence-corrected chi connectivity index (χ0v) is 12.6. The number of aromatic amines is 1. The fourth-order valence-corrected chi connectivity index (χ4v) is 3.10. The van der Waals surface area contributed by atoms with E-state index in [0.717, 1.165) is 31.2 Å². The highest BCUT2D eigenvalue weighted by atomic mass is 32.2. The Hall–Kier alpha value is -1.01. The number of carbonyl (C=O) groups excluding carboxylic acids is 1. The van der Waals surface area contributed by atoms with Crippen molar-refractivity contribution < 1.29 is 4.79 Å². The number of piperazine rings is 1. The highest BCUT2D eigenvalue weighted by Gasteiger charge is 2.31. The van der Waals surface area contributed by atoms with Crippen LogP contribution < -0.4 is 0 Å². The molecule has 0 aromatic carbocycles. The minimum atomic E-state index is 0.0932. The molecule has 1 aliphatic heterocycles. The lowest BCUT2D eigenvalue weighted by atomic mass is 10.1. The average Bonchev–Trinajstić information content (AvgIpc) is 2.92. The Bertz CT molecular complexity index is 409. The largest absolute Gasteiger partial charge is 0.347 e. The number of thioether (sulfide) groups is 1. The van der Waals surface area contributed by atoms with Crippen LogP contribution in [0.25, 0.3) is 0 Å². The Morgan fingerprint density at radius 1 is 1.63 bits per heavy atom. The third-order valence-electron chi connectivity index (χ3n) is 3.63. The first-order chi connectivity index (χ1) is 9.13. The van der Waals surface area contributed by atoms with Gasteiger partial charge in [0.25, 0.3) is 0 Å². The Kier molecular flexibility index (Phi) is 4.87. The standard InChI is InChI=1S/C13H22N4OS/c1-10(9-19-3)13(18)17-7-6-16(2)11(8-17)12-14-4-5-15-12/h4-5,10-11H,6-9H2,1-3H3,(H,14,15)/t10-,11-/m1/s1. The number of carbonyl (C=O) groups is 1. The molecular formula is C13H22N4OS. The second-order valence-electron chi connectivity index (χ2n) is 5.11.